The molecule has 1 fully saturated rings. The highest BCUT2D eigenvalue weighted by atomic mass is 16.5. The van der Waals surface area contributed by atoms with Gasteiger partial charge in [-0.15, -0.1) is 0 Å². The molecule has 38 heavy (non-hydrogen) atoms. The Bertz CT molecular complexity index is 1220. The molecule has 0 unspecified atom stereocenters. The first-order valence-corrected chi connectivity index (χ1v) is 12.1. The Hall–Kier alpha value is -4.24. The van der Waals surface area contributed by atoms with Crippen LogP contribution in [0.2, 0.25) is 0 Å². The Kier molecular flexibility index (Phi) is 9.95. The predicted molar refractivity (Wildman–Crippen MR) is 139 cm³/mol. The lowest BCUT2D eigenvalue weighted by Gasteiger charge is -2.19. The third-order valence-electron chi connectivity index (χ3n) is 5.88. The van der Waals surface area contributed by atoms with Gasteiger partial charge in [-0.05, 0) is 61.9 Å². The van der Waals surface area contributed by atoms with Gasteiger partial charge in [0.25, 0.3) is 11.8 Å². The van der Waals surface area contributed by atoms with Crippen molar-refractivity contribution < 1.29 is 29.5 Å². The smallest absolute Gasteiger partial charge is 0.268 e. The molecule has 0 radical (unpaired) electrons. The van der Waals surface area contributed by atoms with Gasteiger partial charge in [0, 0.05) is 48.4 Å². The number of nitrogens with one attached hydrogen (secondary N) is 4. The summed E-state index contributed by atoms with van der Waals surface area (Å²) in [4.78, 5) is 49.5. The van der Waals surface area contributed by atoms with Crippen LogP contribution in [0.4, 0.5) is 5.69 Å². The van der Waals surface area contributed by atoms with Crippen LogP contribution in [0.25, 0.3) is 0 Å². The summed E-state index contributed by atoms with van der Waals surface area (Å²) in [7, 11) is 0. The van der Waals surface area contributed by atoms with E-state index in [1.165, 1.54) is 31.5 Å². The van der Waals surface area contributed by atoms with Gasteiger partial charge in [-0.25, -0.2) is 5.48 Å². The Labute approximate surface area is 220 Å². The first kappa shape index (κ1) is 28.3. The van der Waals surface area contributed by atoms with Gasteiger partial charge in [0.05, 0.1) is 12.6 Å². The number of hydroxylamine groups is 1. The number of benzene rings is 2. The van der Waals surface area contributed by atoms with E-state index in [4.69, 9.17) is 5.21 Å². The molecule has 1 aliphatic heterocycles. The van der Waals surface area contributed by atoms with Gasteiger partial charge in [0.2, 0.25) is 11.8 Å². The van der Waals surface area contributed by atoms with Crippen LogP contribution in [-0.2, 0) is 14.4 Å². The molecule has 0 aliphatic carbocycles. The summed E-state index contributed by atoms with van der Waals surface area (Å²) in [6, 6.07) is 12.2. The van der Waals surface area contributed by atoms with Crippen molar-refractivity contribution >= 4 is 29.3 Å². The molecule has 11 heteroatoms. The van der Waals surface area contributed by atoms with Crippen LogP contribution in [0, 0.1) is 11.8 Å². The summed E-state index contributed by atoms with van der Waals surface area (Å²) in [6.07, 6.45) is -0.381. The maximum Gasteiger partial charge on any atom is 0.268 e. The summed E-state index contributed by atoms with van der Waals surface area (Å²) in [5, 5.41) is 26.5. The Balaban J connectivity index is 1.51. The van der Waals surface area contributed by atoms with Crippen LogP contribution in [0.1, 0.15) is 41.8 Å². The second-order valence-electron chi connectivity index (χ2n) is 9.04. The Morgan fingerprint density at radius 3 is 2.18 bits per heavy atom. The number of carbonyl (C=O) groups is 4. The van der Waals surface area contributed by atoms with Crippen molar-refractivity contribution in [3.05, 3.63) is 65.2 Å². The molecule has 0 saturated carbocycles. The summed E-state index contributed by atoms with van der Waals surface area (Å²) >= 11 is 0. The highest BCUT2D eigenvalue weighted by molar-refractivity contribution is 5.97. The van der Waals surface area contributed by atoms with Crippen molar-refractivity contribution in [2.45, 2.75) is 38.5 Å². The first-order valence-electron chi connectivity index (χ1n) is 12.1. The molecule has 11 nitrogen and oxygen atoms in total. The minimum absolute atomic E-state index is 0.0671. The standard InChI is InChI=1S/C27H31N5O6/c1-17(33)25(27(37)31-38)30-26(36)21-9-5-19(6-10-21)3-4-20-7-11-22(12-8-20)29-24(35)16-32-14-13-23(15-32)28-18(2)34/h5-12,17,23,25,33,38H,13-16H2,1-2H3,(H,28,34)(H,29,35)(H,30,36)(H,31,37)/t17-,23-,25+/m1/s1. The molecule has 200 valence electrons. The molecule has 2 aromatic carbocycles. The van der Waals surface area contributed by atoms with E-state index in [2.05, 4.69) is 27.8 Å². The van der Waals surface area contributed by atoms with Gasteiger partial charge in [0.1, 0.15) is 6.04 Å². The topological polar surface area (TPSA) is 160 Å². The largest absolute Gasteiger partial charge is 0.391 e. The Morgan fingerprint density at radius 2 is 1.63 bits per heavy atom. The molecule has 3 atom stereocenters. The molecule has 1 aliphatic rings. The van der Waals surface area contributed by atoms with Crippen LogP contribution >= 0.6 is 0 Å². The molecule has 0 aromatic heterocycles. The zero-order valence-electron chi connectivity index (χ0n) is 21.2. The summed E-state index contributed by atoms with van der Waals surface area (Å²) in [5.41, 5.74) is 3.71. The number of aliphatic hydroxyl groups excluding tert-OH is 1. The summed E-state index contributed by atoms with van der Waals surface area (Å²) in [5.74, 6) is 4.30. The van der Waals surface area contributed by atoms with E-state index in [1.807, 2.05) is 4.90 Å². The number of aliphatic hydroxyl groups is 1. The summed E-state index contributed by atoms with van der Waals surface area (Å²) < 4.78 is 0. The molecule has 1 heterocycles. The molecular weight excluding hydrogens is 490 g/mol. The Morgan fingerprint density at radius 1 is 1.03 bits per heavy atom. The fourth-order valence-electron chi connectivity index (χ4n) is 3.97. The number of likely N-dealkylation sites (tertiary alicyclic amines) is 1. The van der Waals surface area contributed by atoms with Crippen molar-refractivity contribution in [3.8, 4) is 11.8 Å². The number of anilines is 1. The molecular formula is C27H31N5O6. The fourth-order valence-corrected chi connectivity index (χ4v) is 3.97. The van der Waals surface area contributed by atoms with Gasteiger partial charge in [-0.2, -0.15) is 0 Å². The SMILES string of the molecule is CC(=O)N[C@@H]1CCN(CC(=O)Nc2ccc(C#Cc3ccc(C(=O)N[C@H](C(=O)NO)[C@@H](C)O)cc3)cc2)C1. The average Bonchev–Trinajstić information content (AvgIpc) is 3.31. The fraction of sp³-hybridized carbons (Fsp3) is 0.333. The normalized spacial score (nSPS) is 16.4. The van der Waals surface area contributed by atoms with E-state index in [0.29, 0.717) is 17.8 Å². The van der Waals surface area contributed by atoms with Crippen LogP contribution in [0.15, 0.2) is 48.5 Å². The second-order valence-corrected chi connectivity index (χ2v) is 9.04. The van der Waals surface area contributed by atoms with Gasteiger partial charge >= 0.3 is 0 Å². The molecule has 4 amide bonds. The van der Waals surface area contributed by atoms with E-state index >= 15 is 0 Å². The van der Waals surface area contributed by atoms with E-state index in [1.54, 1.807) is 36.4 Å². The number of nitrogens with zero attached hydrogens (tertiary/aromatic N) is 1. The van der Waals surface area contributed by atoms with Gasteiger partial charge in [-0.3, -0.25) is 29.3 Å². The van der Waals surface area contributed by atoms with Gasteiger partial charge in [0.15, 0.2) is 0 Å². The number of rotatable bonds is 8. The number of amides is 4. The second kappa shape index (κ2) is 13.3. The number of hydrogen-bond donors (Lipinski definition) is 6. The third kappa shape index (κ3) is 8.41. The zero-order chi connectivity index (χ0) is 27.7. The molecule has 2 aromatic rings. The van der Waals surface area contributed by atoms with Crippen LogP contribution in [-0.4, -0.2) is 76.7 Å². The lowest BCUT2D eigenvalue weighted by molar-refractivity contribution is -0.133. The molecule has 1 saturated heterocycles. The minimum Gasteiger partial charge on any atom is -0.391 e. The zero-order valence-corrected chi connectivity index (χ0v) is 21.2. The van der Waals surface area contributed by atoms with Crippen molar-refractivity contribution in [1.82, 2.24) is 21.0 Å². The maximum absolute atomic E-state index is 12.4. The van der Waals surface area contributed by atoms with Crippen LogP contribution < -0.4 is 21.4 Å². The van der Waals surface area contributed by atoms with Crippen molar-refractivity contribution in [2.75, 3.05) is 25.0 Å². The lowest BCUT2D eigenvalue weighted by Crippen LogP contribution is -2.51. The quantitative estimate of drug-likeness (QED) is 0.165. The van der Waals surface area contributed by atoms with E-state index < -0.39 is 24.0 Å². The van der Waals surface area contributed by atoms with Crippen molar-refractivity contribution in [2.24, 2.45) is 0 Å². The van der Waals surface area contributed by atoms with Gasteiger partial charge < -0.3 is 21.1 Å². The summed E-state index contributed by atoms with van der Waals surface area (Å²) in [6.45, 7) is 4.46. The molecule has 6 N–H and O–H groups in total. The molecule has 0 spiro atoms. The van der Waals surface area contributed by atoms with E-state index in [-0.39, 0.29) is 30.0 Å². The lowest BCUT2D eigenvalue weighted by atomic mass is 10.1. The van der Waals surface area contributed by atoms with Crippen LogP contribution in [0.5, 0.6) is 0 Å². The van der Waals surface area contributed by atoms with Crippen molar-refractivity contribution in [3.63, 3.8) is 0 Å². The van der Waals surface area contributed by atoms with Crippen LogP contribution in [0.3, 0.4) is 0 Å². The monoisotopic (exact) mass is 521 g/mol. The maximum atomic E-state index is 12.4. The number of hydrogen-bond acceptors (Lipinski definition) is 7. The third-order valence-corrected chi connectivity index (χ3v) is 5.88. The average molecular weight is 522 g/mol. The highest BCUT2D eigenvalue weighted by Gasteiger charge is 2.26. The predicted octanol–water partition coefficient (Wildman–Crippen LogP) is 0.220. The van der Waals surface area contributed by atoms with E-state index in [0.717, 1.165) is 18.5 Å². The first-order chi connectivity index (χ1) is 18.1. The number of carbonyl (C=O) groups excluding carboxylic acids is 4. The minimum atomic E-state index is -1.30. The van der Waals surface area contributed by atoms with Crippen molar-refractivity contribution in [1.29, 1.82) is 0 Å². The van der Waals surface area contributed by atoms with E-state index in [9.17, 15) is 24.3 Å². The highest BCUT2D eigenvalue weighted by Crippen LogP contribution is 2.12. The van der Waals surface area contributed by atoms with Gasteiger partial charge in [-0.1, -0.05) is 11.8 Å². The molecule has 3 rings (SSSR count). The molecule has 0 bridgehead atoms.